The van der Waals surface area contributed by atoms with Gasteiger partial charge in [0.25, 0.3) is 0 Å². The van der Waals surface area contributed by atoms with Crippen LogP contribution >= 0.6 is 0 Å². The lowest BCUT2D eigenvalue weighted by Gasteiger charge is -2.24. The van der Waals surface area contributed by atoms with E-state index in [-0.39, 0.29) is 5.75 Å². The molecule has 1 aromatic rings. The van der Waals surface area contributed by atoms with Gasteiger partial charge in [-0.3, -0.25) is 0 Å². The molecule has 0 aliphatic carbocycles. The third-order valence-electron chi connectivity index (χ3n) is 1.70. The van der Waals surface area contributed by atoms with Gasteiger partial charge in [-0.05, 0) is 32.9 Å². The number of benzene rings is 1. The quantitative estimate of drug-likeness (QED) is 0.804. The fourth-order valence-corrected chi connectivity index (χ4v) is 1.22. The van der Waals surface area contributed by atoms with Gasteiger partial charge in [0.05, 0.1) is 0 Å². The summed E-state index contributed by atoms with van der Waals surface area (Å²) < 4.78 is 43.1. The van der Waals surface area contributed by atoms with E-state index in [9.17, 15) is 18.3 Å². The van der Waals surface area contributed by atoms with E-state index >= 15 is 0 Å². The molecule has 0 saturated carbocycles. The van der Waals surface area contributed by atoms with E-state index in [4.69, 9.17) is 4.74 Å². The maximum Gasteiger partial charge on any atom is 0.423 e. The van der Waals surface area contributed by atoms with Gasteiger partial charge in [0.1, 0.15) is 22.7 Å². The minimum absolute atomic E-state index is 0.361. The summed E-state index contributed by atoms with van der Waals surface area (Å²) in [5.41, 5.74) is -1.89. The molecule has 0 unspecified atom stereocenters. The van der Waals surface area contributed by atoms with Gasteiger partial charge in [-0.15, -0.1) is 0 Å². The maximum atomic E-state index is 12.6. The molecule has 1 N–H and O–H groups in total. The molecule has 0 saturated heterocycles. The minimum Gasteiger partial charge on any atom is -0.507 e. The molecule has 1 rings (SSSR count). The summed E-state index contributed by atoms with van der Waals surface area (Å²) in [5.74, 6) is -1.19. The highest BCUT2D eigenvalue weighted by Crippen LogP contribution is 2.42. The molecule has 16 heavy (non-hydrogen) atoms. The van der Waals surface area contributed by atoms with Crippen molar-refractivity contribution in [2.24, 2.45) is 0 Å². The number of rotatable bonds is 1. The van der Waals surface area contributed by atoms with Gasteiger partial charge in [0, 0.05) is 0 Å². The first kappa shape index (κ1) is 12.7. The van der Waals surface area contributed by atoms with Gasteiger partial charge in [0.15, 0.2) is 0 Å². The third-order valence-corrected chi connectivity index (χ3v) is 1.70. The molecule has 0 amide bonds. The molecule has 5 heteroatoms. The van der Waals surface area contributed by atoms with Crippen LogP contribution in [0.5, 0.6) is 11.5 Å². The Labute approximate surface area is 91.7 Å². The summed E-state index contributed by atoms with van der Waals surface area (Å²) in [6.07, 6.45) is -4.63. The van der Waals surface area contributed by atoms with Crippen LogP contribution in [0.2, 0.25) is 0 Å². The first-order valence-electron chi connectivity index (χ1n) is 4.69. The van der Waals surface area contributed by atoms with Crippen LogP contribution in [0.1, 0.15) is 26.3 Å². The van der Waals surface area contributed by atoms with Crippen molar-refractivity contribution < 1.29 is 23.0 Å². The largest absolute Gasteiger partial charge is 0.507 e. The number of halogens is 3. The van der Waals surface area contributed by atoms with Crippen molar-refractivity contribution in [2.45, 2.75) is 32.5 Å². The summed E-state index contributed by atoms with van der Waals surface area (Å²) in [7, 11) is 0. The third kappa shape index (κ3) is 3.05. The Bertz CT molecular complexity index is 378. The first-order valence-corrected chi connectivity index (χ1v) is 4.69. The van der Waals surface area contributed by atoms with Crippen LogP contribution in [0, 0.1) is 0 Å². The fourth-order valence-electron chi connectivity index (χ4n) is 1.22. The van der Waals surface area contributed by atoms with Gasteiger partial charge in [0.2, 0.25) is 0 Å². The van der Waals surface area contributed by atoms with Crippen LogP contribution in [0.4, 0.5) is 13.2 Å². The molecule has 0 aliphatic rings. The Kier molecular flexibility index (Phi) is 3.08. The second-order valence-corrected chi connectivity index (χ2v) is 4.36. The van der Waals surface area contributed by atoms with Gasteiger partial charge in [-0.25, -0.2) is 0 Å². The van der Waals surface area contributed by atoms with Crippen molar-refractivity contribution in [1.82, 2.24) is 0 Å². The number of alkyl halides is 3. The number of phenolic OH excluding ortho intramolecular Hbond substituents is 1. The lowest BCUT2D eigenvalue weighted by molar-refractivity contribution is -0.140. The Morgan fingerprint density at radius 2 is 1.69 bits per heavy atom. The number of aromatic hydroxyl groups is 1. The molecule has 0 radical (unpaired) electrons. The van der Waals surface area contributed by atoms with E-state index < -0.39 is 23.1 Å². The van der Waals surface area contributed by atoms with E-state index in [0.29, 0.717) is 0 Å². The molecule has 0 heterocycles. The fraction of sp³-hybridized carbons (Fsp3) is 0.455. The lowest BCUT2D eigenvalue weighted by Crippen LogP contribution is -2.24. The Morgan fingerprint density at radius 3 is 2.12 bits per heavy atom. The molecule has 0 spiro atoms. The minimum atomic E-state index is -4.63. The maximum absolute atomic E-state index is 12.6. The average molecular weight is 234 g/mol. The van der Waals surface area contributed by atoms with Gasteiger partial charge >= 0.3 is 6.18 Å². The second kappa shape index (κ2) is 3.88. The number of hydrogen-bond donors (Lipinski definition) is 1. The van der Waals surface area contributed by atoms with Gasteiger partial charge in [-0.2, -0.15) is 13.2 Å². The molecule has 1 aromatic carbocycles. The number of hydrogen-bond acceptors (Lipinski definition) is 2. The smallest absolute Gasteiger partial charge is 0.423 e. The highest BCUT2D eigenvalue weighted by Gasteiger charge is 2.38. The zero-order valence-electron chi connectivity index (χ0n) is 9.22. The van der Waals surface area contributed by atoms with Crippen LogP contribution < -0.4 is 4.74 Å². The molecule has 0 bridgehead atoms. The van der Waals surface area contributed by atoms with Crippen LogP contribution in [0.25, 0.3) is 0 Å². The molecule has 90 valence electrons. The summed E-state index contributed by atoms with van der Waals surface area (Å²) >= 11 is 0. The van der Waals surface area contributed by atoms with Crippen LogP contribution in [-0.4, -0.2) is 10.7 Å². The molecule has 0 aliphatic heterocycles. The van der Waals surface area contributed by atoms with E-state index in [1.54, 1.807) is 20.8 Å². The van der Waals surface area contributed by atoms with Crippen molar-refractivity contribution in [1.29, 1.82) is 0 Å². The summed E-state index contributed by atoms with van der Waals surface area (Å²) in [6.45, 7) is 4.91. The van der Waals surface area contributed by atoms with E-state index in [0.717, 1.165) is 6.07 Å². The first-order chi connectivity index (χ1) is 7.11. The van der Waals surface area contributed by atoms with E-state index in [1.807, 2.05) is 0 Å². The zero-order valence-corrected chi connectivity index (χ0v) is 9.22. The summed E-state index contributed by atoms with van der Waals surface area (Å²) in [4.78, 5) is 0. The van der Waals surface area contributed by atoms with Crippen molar-refractivity contribution in [3.8, 4) is 11.5 Å². The standard InChI is InChI=1S/C11H13F3O2/c1-10(2,3)16-8-6-4-5-7(15)9(8)11(12,13)14/h4-6,15H,1-3H3. The van der Waals surface area contributed by atoms with E-state index in [1.165, 1.54) is 12.1 Å². The Hall–Kier alpha value is -1.39. The van der Waals surface area contributed by atoms with Crippen LogP contribution in [0.15, 0.2) is 18.2 Å². The monoisotopic (exact) mass is 234 g/mol. The highest BCUT2D eigenvalue weighted by atomic mass is 19.4. The Balaban J connectivity index is 3.24. The number of phenols is 1. The SMILES string of the molecule is CC(C)(C)Oc1cccc(O)c1C(F)(F)F. The molecule has 2 nitrogen and oxygen atoms in total. The summed E-state index contributed by atoms with van der Waals surface area (Å²) in [6, 6.07) is 3.48. The lowest BCUT2D eigenvalue weighted by atomic mass is 10.1. The van der Waals surface area contributed by atoms with Crippen LogP contribution in [-0.2, 0) is 6.18 Å². The normalized spacial score (nSPS) is 12.6. The average Bonchev–Trinajstić information content (AvgIpc) is 1.97. The second-order valence-electron chi connectivity index (χ2n) is 4.36. The Morgan fingerprint density at radius 1 is 1.12 bits per heavy atom. The van der Waals surface area contributed by atoms with Gasteiger partial charge < -0.3 is 9.84 Å². The molecular weight excluding hydrogens is 221 g/mol. The molecule has 0 aromatic heterocycles. The highest BCUT2D eigenvalue weighted by molar-refractivity contribution is 5.46. The van der Waals surface area contributed by atoms with Crippen molar-refractivity contribution in [3.05, 3.63) is 23.8 Å². The van der Waals surface area contributed by atoms with Crippen LogP contribution in [0.3, 0.4) is 0 Å². The molecule has 0 fully saturated rings. The van der Waals surface area contributed by atoms with Gasteiger partial charge in [-0.1, -0.05) is 6.07 Å². The van der Waals surface area contributed by atoms with Crippen molar-refractivity contribution >= 4 is 0 Å². The predicted molar refractivity (Wildman–Crippen MR) is 53.5 cm³/mol. The zero-order chi connectivity index (χ0) is 12.6. The topological polar surface area (TPSA) is 29.5 Å². The molecular formula is C11H13F3O2. The predicted octanol–water partition coefficient (Wildman–Crippen LogP) is 3.59. The van der Waals surface area contributed by atoms with E-state index in [2.05, 4.69) is 0 Å². The summed E-state index contributed by atoms with van der Waals surface area (Å²) in [5, 5.41) is 9.22. The van der Waals surface area contributed by atoms with Crippen molar-refractivity contribution in [2.75, 3.05) is 0 Å². The number of ether oxygens (including phenoxy) is 1. The van der Waals surface area contributed by atoms with Crippen molar-refractivity contribution in [3.63, 3.8) is 0 Å². The molecule has 0 atom stereocenters.